The molecule has 1 aromatic carbocycles. The Balaban J connectivity index is 1.65. The lowest BCUT2D eigenvalue weighted by Gasteiger charge is -2.33. The fourth-order valence-corrected chi connectivity index (χ4v) is 3.13. The molecule has 2 N–H and O–H groups in total. The maximum Gasteiger partial charge on any atom is 0.191 e. The van der Waals surface area contributed by atoms with Crippen molar-refractivity contribution in [3.05, 3.63) is 30.3 Å². The van der Waals surface area contributed by atoms with E-state index in [9.17, 15) is 0 Å². The summed E-state index contributed by atoms with van der Waals surface area (Å²) in [7, 11) is 3.58. The molecule has 0 aliphatic carbocycles. The summed E-state index contributed by atoms with van der Waals surface area (Å²) in [4.78, 5) is 6.87. The van der Waals surface area contributed by atoms with Gasteiger partial charge in [-0.15, -0.1) is 0 Å². The zero-order valence-electron chi connectivity index (χ0n) is 16.4. The highest BCUT2D eigenvalue weighted by Crippen LogP contribution is 2.11. The molecule has 1 heterocycles. The van der Waals surface area contributed by atoms with E-state index in [0.717, 1.165) is 57.2 Å². The number of nitrogens with one attached hydrogen (secondary N) is 2. The minimum Gasteiger partial charge on any atom is -0.489 e. The van der Waals surface area contributed by atoms with Gasteiger partial charge in [0.15, 0.2) is 5.96 Å². The average Bonchev–Trinajstić information content (AvgIpc) is 2.67. The van der Waals surface area contributed by atoms with E-state index in [1.807, 2.05) is 37.4 Å². The van der Waals surface area contributed by atoms with Crippen LogP contribution in [-0.2, 0) is 4.74 Å². The van der Waals surface area contributed by atoms with Crippen LogP contribution in [0.1, 0.15) is 26.2 Å². The second-order valence-corrected chi connectivity index (χ2v) is 6.80. The van der Waals surface area contributed by atoms with Crippen LogP contribution in [0.15, 0.2) is 35.3 Å². The highest BCUT2D eigenvalue weighted by atomic mass is 16.5. The molecule has 0 spiro atoms. The predicted molar refractivity (Wildman–Crippen MR) is 107 cm³/mol. The Morgan fingerprint density at radius 2 is 2.00 bits per heavy atom. The Morgan fingerprint density at radius 3 is 2.65 bits per heavy atom. The minimum absolute atomic E-state index is 0.0681. The maximum absolute atomic E-state index is 5.90. The Kier molecular flexibility index (Phi) is 9.28. The first-order chi connectivity index (χ1) is 12.7. The second kappa shape index (κ2) is 11.8. The van der Waals surface area contributed by atoms with Gasteiger partial charge in [0.05, 0.1) is 6.54 Å². The fourth-order valence-electron chi connectivity index (χ4n) is 3.13. The fraction of sp³-hybridized carbons (Fsp3) is 0.650. The van der Waals surface area contributed by atoms with Gasteiger partial charge in [-0.05, 0) is 38.3 Å². The first-order valence-corrected chi connectivity index (χ1v) is 9.61. The van der Waals surface area contributed by atoms with Gasteiger partial charge in [0.1, 0.15) is 11.9 Å². The normalized spacial score (nSPS) is 17.7. The number of rotatable bonds is 9. The van der Waals surface area contributed by atoms with Gasteiger partial charge in [-0.25, -0.2) is 0 Å². The van der Waals surface area contributed by atoms with Gasteiger partial charge >= 0.3 is 0 Å². The lowest BCUT2D eigenvalue weighted by molar-refractivity contribution is 0.155. The minimum atomic E-state index is 0.0681. The highest BCUT2D eigenvalue weighted by molar-refractivity contribution is 5.80. The van der Waals surface area contributed by atoms with E-state index in [-0.39, 0.29) is 6.10 Å². The van der Waals surface area contributed by atoms with Crippen LogP contribution in [0.3, 0.4) is 0 Å². The van der Waals surface area contributed by atoms with Crippen molar-refractivity contribution in [3.63, 3.8) is 0 Å². The molecule has 0 amide bonds. The molecular weight excluding hydrogens is 328 g/mol. The van der Waals surface area contributed by atoms with Gasteiger partial charge in [0, 0.05) is 46.4 Å². The smallest absolute Gasteiger partial charge is 0.191 e. The number of guanidine groups is 1. The first-order valence-electron chi connectivity index (χ1n) is 9.61. The van der Waals surface area contributed by atoms with Crippen molar-refractivity contribution in [1.29, 1.82) is 0 Å². The third kappa shape index (κ3) is 7.62. The number of piperidine rings is 1. The van der Waals surface area contributed by atoms with E-state index >= 15 is 0 Å². The molecule has 6 nitrogen and oxygen atoms in total. The summed E-state index contributed by atoms with van der Waals surface area (Å²) < 4.78 is 11.0. The third-order valence-corrected chi connectivity index (χ3v) is 4.61. The van der Waals surface area contributed by atoms with Crippen LogP contribution in [0, 0.1) is 0 Å². The number of aliphatic imine (C=N–C) groups is 1. The Bertz CT molecular complexity index is 516. The molecular formula is C20H34N4O2. The van der Waals surface area contributed by atoms with Crippen molar-refractivity contribution < 1.29 is 9.47 Å². The van der Waals surface area contributed by atoms with Gasteiger partial charge in [-0.3, -0.25) is 4.99 Å². The van der Waals surface area contributed by atoms with Crippen molar-refractivity contribution in [2.24, 2.45) is 4.99 Å². The predicted octanol–water partition coefficient (Wildman–Crippen LogP) is 2.12. The van der Waals surface area contributed by atoms with Crippen molar-refractivity contribution in [2.45, 2.75) is 38.3 Å². The van der Waals surface area contributed by atoms with Gasteiger partial charge < -0.3 is 25.0 Å². The molecule has 1 saturated heterocycles. The maximum atomic E-state index is 5.90. The van der Waals surface area contributed by atoms with E-state index in [0.29, 0.717) is 12.6 Å². The lowest BCUT2D eigenvalue weighted by Crippen LogP contribution is -2.50. The molecule has 0 bridgehead atoms. The van der Waals surface area contributed by atoms with Gasteiger partial charge in [0.2, 0.25) is 0 Å². The molecule has 0 saturated carbocycles. The summed E-state index contributed by atoms with van der Waals surface area (Å²) >= 11 is 0. The quantitative estimate of drug-likeness (QED) is 0.400. The number of methoxy groups -OCH3 is 1. The zero-order valence-corrected chi connectivity index (χ0v) is 16.4. The number of hydrogen-bond acceptors (Lipinski definition) is 4. The standard InChI is InChI=1S/C20H34N4O2/c1-17(26-19-8-5-4-6-9-19)16-22-20(21-2)23-18-10-13-24(14-11-18)12-7-15-25-3/h4-6,8-9,17-18H,7,10-16H2,1-3H3,(H2,21,22,23). The van der Waals surface area contributed by atoms with Crippen molar-refractivity contribution in [3.8, 4) is 5.75 Å². The van der Waals surface area contributed by atoms with Gasteiger partial charge in [-0.1, -0.05) is 18.2 Å². The van der Waals surface area contributed by atoms with Crippen molar-refractivity contribution >= 4 is 5.96 Å². The molecule has 6 heteroatoms. The summed E-state index contributed by atoms with van der Waals surface area (Å²) in [5, 5.41) is 6.92. The average molecular weight is 363 g/mol. The molecule has 26 heavy (non-hydrogen) atoms. The summed E-state index contributed by atoms with van der Waals surface area (Å²) in [5.41, 5.74) is 0. The molecule has 0 radical (unpaired) electrons. The zero-order chi connectivity index (χ0) is 18.6. The molecule has 1 unspecified atom stereocenters. The molecule has 1 fully saturated rings. The molecule has 1 aromatic rings. The summed E-state index contributed by atoms with van der Waals surface area (Å²) in [6, 6.07) is 10.4. The Labute approximate surface area is 158 Å². The summed E-state index contributed by atoms with van der Waals surface area (Å²) in [6.45, 7) is 7.01. The second-order valence-electron chi connectivity index (χ2n) is 6.80. The highest BCUT2D eigenvalue weighted by Gasteiger charge is 2.19. The van der Waals surface area contributed by atoms with Crippen LogP contribution in [0.5, 0.6) is 5.75 Å². The van der Waals surface area contributed by atoms with Crippen molar-refractivity contribution in [2.75, 3.05) is 46.9 Å². The van der Waals surface area contributed by atoms with Crippen LogP contribution >= 0.6 is 0 Å². The van der Waals surface area contributed by atoms with E-state index < -0.39 is 0 Å². The first kappa shape index (κ1) is 20.5. The van der Waals surface area contributed by atoms with Crippen LogP contribution in [-0.4, -0.2) is 69.9 Å². The van der Waals surface area contributed by atoms with E-state index in [1.54, 1.807) is 7.11 Å². The number of para-hydroxylation sites is 1. The van der Waals surface area contributed by atoms with Crippen molar-refractivity contribution in [1.82, 2.24) is 15.5 Å². The van der Waals surface area contributed by atoms with E-state index in [1.165, 1.54) is 0 Å². The van der Waals surface area contributed by atoms with Gasteiger partial charge in [0.25, 0.3) is 0 Å². The van der Waals surface area contributed by atoms with E-state index in [2.05, 4.69) is 27.4 Å². The number of hydrogen-bond donors (Lipinski definition) is 2. The summed E-state index contributed by atoms with van der Waals surface area (Å²) in [5.74, 6) is 1.75. The van der Waals surface area contributed by atoms with E-state index in [4.69, 9.17) is 9.47 Å². The summed E-state index contributed by atoms with van der Waals surface area (Å²) in [6.07, 6.45) is 3.46. The van der Waals surface area contributed by atoms with Crippen LogP contribution in [0.25, 0.3) is 0 Å². The monoisotopic (exact) mass is 362 g/mol. The van der Waals surface area contributed by atoms with Crippen LogP contribution in [0.2, 0.25) is 0 Å². The Morgan fingerprint density at radius 1 is 1.27 bits per heavy atom. The topological polar surface area (TPSA) is 58.1 Å². The number of ether oxygens (including phenoxy) is 2. The number of nitrogens with zero attached hydrogens (tertiary/aromatic N) is 2. The molecule has 1 atom stereocenters. The lowest BCUT2D eigenvalue weighted by atomic mass is 10.1. The largest absolute Gasteiger partial charge is 0.489 e. The van der Waals surface area contributed by atoms with Crippen LogP contribution in [0.4, 0.5) is 0 Å². The molecule has 0 aromatic heterocycles. The number of likely N-dealkylation sites (tertiary alicyclic amines) is 1. The molecule has 2 rings (SSSR count). The molecule has 1 aliphatic heterocycles. The molecule has 146 valence electrons. The van der Waals surface area contributed by atoms with Gasteiger partial charge in [-0.2, -0.15) is 0 Å². The Hall–Kier alpha value is -1.79. The SMILES string of the molecule is CN=C(NCC(C)Oc1ccccc1)NC1CCN(CCCOC)CC1. The van der Waals surface area contributed by atoms with Crippen LogP contribution < -0.4 is 15.4 Å². The third-order valence-electron chi connectivity index (χ3n) is 4.61. The molecule has 1 aliphatic rings. The number of benzene rings is 1.